The molecule has 7 nitrogen and oxygen atoms in total. The number of amides is 1. The van der Waals surface area contributed by atoms with E-state index in [0.717, 1.165) is 10.9 Å². The summed E-state index contributed by atoms with van der Waals surface area (Å²) in [6, 6.07) is 3.88. The maximum Gasteiger partial charge on any atom is 0.336 e. The van der Waals surface area contributed by atoms with Gasteiger partial charge in [0.2, 0.25) is 0 Å². The van der Waals surface area contributed by atoms with Crippen LogP contribution < -0.4 is 15.7 Å². The van der Waals surface area contributed by atoms with Gasteiger partial charge in [-0.1, -0.05) is 0 Å². The minimum Gasteiger partial charge on any atom is -0.483 e. The lowest BCUT2D eigenvalue weighted by Crippen LogP contribution is -2.44. The van der Waals surface area contributed by atoms with Crippen LogP contribution in [0.1, 0.15) is 11.1 Å². The molecule has 0 aliphatic heterocycles. The van der Waals surface area contributed by atoms with Crippen LogP contribution in [0.4, 0.5) is 0 Å². The SMILES string of the molecule is CSC[C@H](NC(=O)COc1ccc2c(C)cc(=O)oc2c1C)C(=O)O. The molecule has 1 aromatic carbocycles. The maximum atomic E-state index is 11.9. The summed E-state index contributed by atoms with van der Waals surface area (Å²) >= 11 is 1.32. The molecule has 1 heterocycles. The van der Waals surface area contributed by atoms with Crippen LogP contribution in [0.3, 0.4) is 0 Å². The fourth-order valence-electron chi connectivity index (χ4n) is 2.38. The molecule has 1 atom stereocenters. The van der Waals surface area contributed by atoms with Gasteiger partial charge in [-0.05, 0) is 37.8 Å². The minimum absolute atomic E-state index is 0.264. The number of carboxylic acids is 1. The summed E-state index contributed by atoms with van der Waals surface area (Å²) in [5.74, 6) is -0.970. The maximum absolute atomic E-state index is 11.9. The lowest BCUT2D eigenvalue weighted by Gasteiger charge is -2.15. The summed E-state index contributed by atoms with van der Waals surface area (Å²) in [5.41, 5.74) is 1.35. The van der Waals surface area contributed by atoms with E-state index in [2.05, 4.69) is 5.32 Å². The zero-order valence-electron chi connectivity index (χ0n) is 14.1. The van der Waals surface area contributed by atoms with Crippen LogP contribution in [-0.2, 0) is 9.59 Å². The molecule has 0 bridgehead atoms. The number of nitrogens with one attached hydrogen (secondary N) is 1. The summed E-state index contributed by atoms with van der Waals surface area (Å²) in [7, 11) is 0. The number of benzene rings is 1. The molecule has 25 heavy (non-hydrogen) atoms. The molecule has 2 rings (SSSR count). The van der Waals surface area contributed by atoms with Gasteiger partial charge in [-0.3, -0.25) is 4.79 Å². The number of ether oxygens (including phenoxy) is 1. The summed E-state index contributed by atoms with van der Waals surface area (Å²) in [6.45, 7) is 3.21. The van der Waals surface area contributed by atoms with Crippen molar-refractivity contribution in [3.8, 4) is 5.75 Å². The van der Waals surface area contributed by atoms with Gasteiger partial charge in [0.25, 0.3) is 5.91 Å². The number of carboxylic acid groups (broad SMARTS) is 1. The van der Waals surface area contributed by atoms with Gasteiger partial charge < -0.3 is 19.6 Å². The molecule has 8 heteroatoms. The molecule has 0 saturated carbocycles. The summed E-state index contributed by atoms with van der Waals surface area (Å²) in [4.78, 5) is 34.5. The number of fused-ring (bicyclic) bond motifs is 1. The van der Waals surface area contributed by atoms with Gasteiger partial charge in [0, 0.05) is 22.8 Å². The normalized spacial score (nSPS) is 12.0. The molecular formula is C17H19NO6S. The number of carbonyl (C=O) groups excluding carboxylic acids is 1. The average molecular weight is 365 g/mol. The van der Waals surface area contributed by atoms with E-state index < -0.39 is 23.5 Å². The number of rotatable bonds is 7. The van der Waals surface area contributed by atoms with Crippen molar-refractivity contribution in [1.82, 2.24) is 5.32 Å². The van der Waals surface area contributed by atoms with E-state index in [1.54, 1.807) is 25.3 Å². The zero-order valence-corrected chi connectivity index (χ0v) is 14.9. The monoisotopic (exact) mass is 365 g/mol. The molecule has 0 aliphatic carbocycles. The third-order valence-electron chi connectivity index (χ3n) is 3.64. The standard InChI is InChI=1S/C17H19NO6S/c1-9-6-15(20)24-16-10(2)13(5-4-11(9)16)23-7-14(19)18-12(8-25-3)17(21)22/h4-6,12H,7-8H2,1-3H3,(H,18,19)(H,21,22)/t12-/m0/s1. The number of aliphatic carboxylic acids is 1. The van der Waals surface area contributed by atoms with Crippen LogP contribution in [0.5, 0.6) is 5.75 Å². The number of aryl methyl sites for hydroxylation is 2. The molecule has 0 aliphatic rings. The highest BCUT2D eigenvalue weighted by molar-refractivity contribution is 7.98. The lowest BCUT2D eigenvalue weighted by atomic mass is 10.1. The summed E-state index contributed by atoms with van der Waals surface area (Å²) in [5, 5.41) is 12.2. The van der Waals surface area contributed by atoms with Crippen molar-refractivity contribution in [3.63, 3.8) is 0 Å². The molecule has 0 saturated heterocycles. The Labute approximate surface area is 148 Å². The van der Waals surface area contributed by atoms with E-state index in [0.29, 0.717) is 16.9 Å². The Balaban J connectivity index is 2.13. The first-order chi connectivity index (χ1) is 11.8. The first-order valence-electron chi connectivity index (χ1n) is 7.51. The van der Waals surface area contributed by atoms with Crippen LogP contribution in [0.2, 0.25) is 0 Å². The van der Waals surface area contributed by atoms with Crippen LogP contribution in [0.15, 0.2) is 27.4 Å². The number of hydrogen-bond donors (Lipinski definition) is 2. The summed E-state index contributed by atoms with van der Waals surface area (Å²) in [6.07, 6.45) is 1.76. The fourth-order valence-corrected chi connectivity index (χ4v) is 2.94. The molecule has 1 aromatic heterocycles. The second kappa shape index (κ2) is 8.06. The fraction of sp³-hybridized carbons (Fsp3) is 0.353. The van der Waals surface area contributed by atoms with Gasteiger partial charge in [0.1, 0.15) is 17.4 Å². The zero-order chi connectivity index (χ0) is 18.6. The molecule has 134 valence electrons. The van der Waals surface area contributed by atoms with E-state index in [1.807, 2.05) is 6.92 Å². The Morgan fingerprint density at radius 1 is 1.36 bits per heavy atom. The van der Waals surface area contributed by atoms with Crippen molar-refractivity contribution in [2.45, 2.75) is 19.9 Å². The van der Waals surface area contributed by atoms with Crippen LogP contribution >= 0.6 is 11.8 Å². The van der Waals surface area contributed by atoms with E-state index in [1.165, 1.54) is 17.8 Å². The van der Waals surface area contributed by atoms with Crippen LogP contribution in [0, 0.1) is 13.8 Å². The Morgan fingerprint density at radius 2 is 2.08 bits per heavy atom. The first kappa shape index (κ1) is 18.9. The molecule has 0 fully saturated rings. The van der Waals surface area contributed by atoms with Gasteiger partial charge >= 0.3 is 11.6 Å². The smallest absolute Gasteiger partial charge is 0.336 e. The van der Waals surface area contributed by atoms with Crippen molar-refractivity contribution in [2.24, 2.45) is 0 Å². The van der Waals surface area contributed by atoms with Gasteiger partial charge in [-0.15, -0.1) is 0 Å². The second-order valence-corrected chi connectivity index (χ2v) is 6.43. The molecule has 1 amide bonds. The highest BCUT2D eigenvalue weighted by Gasteiger charge is 2.19. The Morgan fingerprint density at radius 3 is 2.72 bits per heavy atom. The van der Waals surface area contributed by atoms with Crippen LogP contribution in [-0.4, -0.2) is 41.6 Å². The number of carbonyl (C=O) groups is 2. The van der Waals surface area contributed by atoms with Gasteiger partial charge in [-0.2, -0.15) is 11.8 Å². The van der Waals surface area contributed by atoms with Crippen molar-refractivity contribution < 1.29 is 23.8 Å². The first-order valence-corrected chi connectivity index (χ1v) is 8.90. The van der Waals surface area contributed by atoms with Gasteiger partial charge in [0.15, 0.2) is 6.61 Å². The predicted molar refractivity (Wildman–Crippen MR) is 95.4 cm³/mol. The molecular weight excluding hydrogens is 346 g/mol. The number of hydrogen-bond acceptors (Lipinski definition) is 6. The highest BCUT2D eigenvalue weighted by atomic mass is 32.2. The van der Waals surface area contributed by atoms with E-state index in [-0.39, 0.29) is 12.4 Å². The molecule has 0 radical (unpaired) electrons. The van der Waals surface area contributed by atoms with Crippen molar-refractivity contribution >= 4 is 34.6 Å². The van der Waals surface area contributed by atoms with E-state index in [9.17, 15) is 14.4 Å². The van der Waals surface area contributed by atoms with Crippen molar-refractivity contribution in [3.05, 3.63) is 39.7 Å². The van der Waals surface area contributed by atoms with Crippen molar-refractivity contribution in [1.29, 1.82) is 0 Å². The Bertz CT molecular complexity index is 860. The quantitative estimate of drug-likeness (QED) is 0.720. The molecule has 0 spiro atoms. The van der Waals surface area contributed by atoms with Crippen LogP contribution in [0.25, 0.3) is 11.0 Å². The van der Waals surface area contributed by atoms with Crippen molar-refractivity contribution in [2.75, 3.05) is 18.6 Å². The third kappa shape index (κ3) is 4.54. The average Bonchev–Trinajstić information content (AvgIpc) is 2.54. The minimum atomic E-state index is -1.10. The molecule has 2 N–H and O–H groups in total. The molecule has 0 unspecified atom stereocenters. The molecule has 2 aromatic rings. The Kier molecular flexibility index (Phi) is 6.08. The largest absolute Gasteiger partial charge is 0.483 e. The Hall–Kier alpha value is -2.48. The summed E-state index contributed by atoms with van der Waals surface area (Å²) < 4.78 is 10.7. The van der Waals surface area contributed by atoms with Gasteiger partial charge in [-0.25, -0.2) is 9.59 Å². The van der Waals surface area contributed by atoms with E-state index in [4.69, 9.17) is 14.3 Å². The second-order valence-electron chi connectivity index (χ2n) is 5.52. The highest BCUT2D eigenvalue weighted by Crippen LogP contribution is 2.28. The predicted octanol–water partition coefficient (Wildman–Crippen LogP) is 1.72. The lowest BCUT2D eigenvalue weighted by molar-refractivity contribution is -0.141. The third-order valence-corrected chi connectivity index (χ3v) is 4.31. The topological polar surface area (TPSA) is 106 Å². The van der Waals surface area contributed by atoms with Gasteiger partial charge in [0.05, 0.1) is 0 Å². The van der Waals surface area contributed by atoms with E-state index >= 15 is 0 Å². The number of thioether (sulfide) groups is 1.